The summed E-state index contributed by atoms with van der Waals surface area (Å²) in [6.45, 7) is 4.60. The summed E-state index contributed by atoms with van der Waals surface area (Å²) >= 11 is 0. The van der Waals surface area contributed by atoms with Gasteiger partial charge in [-0.2, -0.15) is 0 Å². The first kappa shape index (κ1) is 103. The molecule has 0 fully saturated rings. The van der Waals surface area contributed by atoms with Crippen LogP contribution in [0.5, 0.6) is 0 Å². The van der Waals surface area contributed by atoms with E-state index < -0.39 is 97.5 Å². The van der Waals surface area contributed by atoms with Gasteiger partial charge in [-0.15, -0.1) is 0 Å². The van der Waals surface area contributed by atoms with Gasteiger partial charge in [0.05, 0.1) is 26.4 Å². The molecule has 0 aliphatic heterocycles. The molecule has 0 spiro atoms. The summed E-state index contributed by atoms with van der Waals surface area (Å²) in [4.78, 5) is 73.2. The molecule has 3 N–H and O–H groups in total. The van der Waals surface area contributed by atoms with E-state index >= 15 is 0 Å². The summed E-state index contributed by atoms with van der Waals surface area (Å²) in [6.07, 6.45) is 91.3. The molecular formula is C89H152O17P2. The number of esters is 4. The van der Waals surface area contributed by atoms with E-state index in [2.05, 4.69) is 161 Å². The number of aliphatic hydroxyl groups is 1. The van der Waals surface area contributed by atoms with Gasteiger partial charge in [0.1, 0.15) is 19.3 Å². The standard InChI is InChI=1S/C89H152O17P2/c1-5-9-13-17-21-25-29-33-37-39-41-43-47-51-55-59-63-67-71-75-88(93)105-84(79-99-86(91)73-69-65-61-57-53-49-45-35-31-27-23-19-15-11-7-3)81-103-107(95,96)101-77-83(90)78-102-108(97,98)104-82-85(80-100-87(92)74-70-66-62-58-54-50-46-36-32-28-24-20-16-12-8-4)106-89(94)76-72-68-64-60-56-52-48-44-42-40-38-34-30-26-22-18-14-10-6-2/h9-10,13-14,21-22,25-26,33-35,37-38,41-45,51-52,55-56,83-85,90H,5-8,11-12,15-20,23-24,27-32,36,39-40,46-50,53-54,57-82H2,1-4H3,(H,95,96)(H,97,98)/b13-9-,14-10-,25-21-,26-22-,37-33-,38-34-,43-41-,44-42-,45-35-,55-51-,56-52-/t83-,84-,85-/m1/s1. The first-order chi connectivity index (χ1) is 52.7. The van der Waals surface area contributed by atoms with Crippen molar-refractivity contribution in [3.05, 3.63) is 134 Å². The Kier molecular flexibility index (Phi) is 76.7. The lowest BCUT2D eigenvalue weighted by Gasteiger charge is -2.21. The Morgan fingerprint density at radius 3 is 0.759 bits per heavy atom. The Balaban J connectivity index is 5.45. The molecule has 2 unspecified atom stereocenters. The minimum absolute atomic E-state index is 0.0513. The molecule has 0 heterocycles. The van der Waals surface area contributed by atoms with E-state index in [-0.39, 0.29) is 25.7 Å². The van der Waals surface area contributed by atoms with Crippen LogP contribution in [0, 0.1) is 0 Å². The van der Waals surface area contributed by atoms with Gasteiger partial charge in [-0.25, -0.2) is 9.13 Å². The van der Waals surface area contributed by atoms with Crippen LogP contribution in [-0.4, -0.2) is 96.7 Å². The number of aliphatic hydroxyl groups excluding tert-OH is 1. The minimum atomic E-state index is -5.00. The summed E-state index contributed by atoms with van der Waals surface area (Å²) in [6, 6.07) is 0. The van der Waals surface area contributed by atoms with Crippen LogP contribution in [0.3, 0.4) is 0 Å². The van der Waals surface area contributed by atoms with Gasteiger partial charge < -0.3 is 33.8 Å². The van der Waals surface area contributed by atoms with Crippen molar-refractivity contribution in [1.29, 1.82) is 0 Å². The summed E-state index contributed by atoms with van der Waals surface area (Å²) in [5.41, 5.74) is 0. The zero-order chi connectivity index (χ0) is 78.9. The average molecular weight is 1560 g/mol. The molecule has 620 valence electrons. The molecule has 17 nitrogen and oxygen atoms in total. The monoisotopic (exact) mass is 1560 g/mol. The van der Waals surface area contributed by atoms with Crippen LogP contribution in [0.1, 0.15) is 349 Å². The van der Waals surface area contributed by atoms with Crippen molar-refractivity contribution in [3.8, 4) is 0 Å². The number of hydrogen-bond donors (Lipinski definition) is 3. The number of hydrogen-bond acceptors (Lipinski definition) is 15. The van der Waals surface area contributed by atoms with E-state index in [0.717, 1.165) is 161 Å². The van der Waals surface area contributed by atoms with Crippen LogP contribution in [0.4, 0.5) is 0 Å². The smallest absolute Gasteiger partial charge is 0.462 e. The Hall–Kier alpha value is -4.80. The normalized spacial score (nSPS) is 14.5. The maximum Gasteiger partial charge on any atom is 0.472 e. The molecule has 0 radical (unpaired) electrons. The van der Waals surface area contributed by atoms with Crippen molar-refractivity contribution in [2.45, 2.75) is 367 Å². The number of carbonyl (C=O) groups excluding carboxylic acids is 4. The van der Waals surface area contributed by atoms with Crippen LogP contribution in [0.15, 0.2) is 134 Å². The van der Waals surface area contributed by atoms with Gasteiger partial charge in [-0.3, -0.25) is 37.3 Å². The molecule has 0 saturated heterocycles. The fourth-order valence-electron chi connectivity index (χ4n) is 11.2. The molecular weight excluding hydrogens is 1400 g/mol. The highest BCUT2D eigenvalue weighted by atomic mass is 31.2. The summed E-state index contributed by atoms with van der Waals surface area (Å²) in [5.74, 6) is -2.25. The quantitative estimate of drug-likeness (QED) is 0.0169. The van der Waals surface area contributed by atoms with Crippen molar-refractivity contribution in [3.63, 3.8) is 0 Å². The van der Waals surface area contributed by atoms with Gasteiger partial charge in [-0.1, -0.05) is 315 Å². The molecule has 0 aromatic heterocycles. The van der Waals surface area contributed by atoms with Crippen molar-refractivity contribution >= 4 is 39.5 Å². The molecule has 0 rings (SSSR count). The van der Waals surface area contributed by atoms with Gasteiger partial charge in [0, 0.05) is 25.7 Å². The Morgan fingerprint density at radius 1 is 0.269 bits per heavy atom. The highest BCUT2D eigenvalue weighted by molar-refractivity contribution is 7.47. The van der Waals surface area contributed by atoms with E-state index in [1.165, 1.54) is 109 Å². The van der Waals surface area contributed by atoms with Gasteiger partial charge in [-0.05, 0) is 141 Å². The average Bonchev–Trinajstić information content (AvgIpc) is 0.907. The van der Waals surface area contributed by atoms with Gasteiger partial charge >= 0.3 is 39.5 Å². The topological polar surface area (TPSA) is 237 Å². The lowest BCUT2D eigenvalue weighted by Crippen LogP contribution is -2.30. The molecule has 108 heavy (non-hydrogen) atoms. The second-order valence-electron chi connectivity index (χ2n) is 28.0. The molecule has 19 heteroatoms. The third-order valence-electron chi connectivity index (χ3n) is 17.6. The maximum atomic E-state index is 13.1. The molecule has 0 aromatic carbocycles. The zero-order valence-corrected chi connectivity index (χ0v) is 69.8. The van der Waals surface area contributed by atoms with Crippen LogP contribution in [-0.2, 0) is 65.4 Å². The number of allylic oxidation sites excluding steroid dienone is 22. The minimum Gasteiger partial charge on any atom is -0.462 e. The fraction of sp³-hybridized carbons (Fsp3) is 0.708. The largest absolute Gasteiger partial charge is 0.472 e. The molecule has 0 amide bonds. The number of ether oxygens (including phenoxy) is 4. The zero-order valence-electron chi connectivity index (χ0n) is 68.0. The van der Waals surface area contributed by atoms with Crippen molar-refractivity contribution in [2.75, 3.05) is 39.6 Å². The highest BCUT2D eigenvalue weighted by Gasteiger charge is 2.30. The second-order valence-corrected chi connectivity index (χ2v) is 30.9. The van der Waals surface area contributed by atoms with Crippen molar-refractivity contribution in [2.24, 2.45) is 0 Å². The third kappa shape index (κ3) is 79.3. The van der Waals surface area contributed by atoms with Crippen molar-refractivity contribution < 1.29 is 80.2 Å². The van der Waals surface area contributed by atoms with Crippen molar-refractivity contribution in [1.82, 2.24) is 0 Å². The number of rotatable bonds is 79. The molecule has 5 atom stereocenters. The fourth-order valence-corrected chi connectivity index (χ4v) is 12.8. The molecule has 0 bridgehead atoms. The molecule has 0 aliphatic carbocycles. The van der Waals surface area contributed by atoms with Gasteiger partial charge in [0.2, 0.25) is 0 Å². The maximum absolute atomic E-state index is 13.1. The van der Waals surface area contributed by atoms with E-state index in [1.54, 1.807) is 0 Å². The van der Waals surface area contributed by atoms with Crippen LogP contribution >= 0.6 is 15.6 Å². The predicted octanol–water partition coefficient (Wildman–Crippen LogP) is 25.2. The summed E-state index contributed by atoms with van der Waals surface area (Å²) < 4.78 is 68.7. The van der Waals surface area contributed by atoms with Crippen LogP contribution < -0.4 is 0 Å². The molecule has 0 aliphatic rings. The number of unbranched alkanes of at least 4 members (excludes halogenated alkanes) is 31. The number of phosphoric ester groups is 2. The van der Waals surface area contributed by atoms with Gasteiger partial charge in [0.15, 0.2) is 12.2 Å². The second kappa shape index (κ2) is 80.3. The SMILES string of the molecule is CC/C=C\C/C=C\C/C=C\C/C=C\C/C=C\CCCCCC(=O)O[C@H](COC(=O)CCCCCCC/C=C\CCCCCCCC)COP(=O)(O)OC[C@@H](O)COP(=O)(O)OC[C@@H](COC(=O)CCCCCCCCCCCCCCCCC)OC(=O)CCCCC/C=C\C/C=C\C/C=C\C/C=C\C/C=C\CC. The summed E-state index contributed by atoms with van der Waals surface area (Å²) in [5, 5.41) is 10.7. The lowest BCUT2D eigenvalue weighted by atomic mass is 10.0. The first-order valence-electron chi connectivity index (χ1n) is 42.4. The van der Waals surface area contributed by atoms with Crippen LogP contribution in [0.25, 0.3) is 0 Å². The van der Waals surface area contributed by atoms with E-state index in [4.69, 9.17) is 37.0 Å². The first-order valence-corrected chi connectivity index (χ1v) is 45.4. The van der Waals surface area contributed by atoms with E-state index in [0.29, 0.717) is 25.7 Å². The Morgan fingerprint density at radius 2 is 0.481 bits per heavy atom. The third-order valence-corrected chi connectivity index (χ3v) is 19.5. The highest BCUT2D eigenvalue weighted by Crippen LogP contribution is 2.45. The Labute approximate surface area is 656 Å². The van der Waals surface area contributed by atoms with Crippen LogP contribution in [0.2, 0.25) is 0 Å². The van der Waals surface area contributed by atoms with E-state index in [9.17, 15) is 43.2 Å². The Bertz CT molecular complexity index is 2560. The number of phosphoric acid groups is 2. The lowest BCUT2D eigenvalue weighted by molar-refractivity contribution is -0.161. The molecule has 0 saturated carbocycles. The predicted molar refractivity (Wildman–Crippen MR) is 445 cm³/mol. The molecule has 0 aromatic rings. The van der Waals surface area contributed by atoms with E-state index in [1.807, 2.05) is 0 Å². The number of carbonyl (C=O) groups is 4. The summed E-state index contributed by atoms with van der Waals surface area (Å²) in [7, 11) is -9.99. The van der Waals surface area contributed by atoms with Gasteiger partial charge in [0.25, 0.3) is 0 Å².